The Labute approximate surface area is 138 Å². The molecule has 2 heterocycles. The van der Waals surface area contributed by atoms with E-state index in [0.717, 1.165) is 43.8 Å². The van der Waals surface area contributed by atoms with Crippen LogP contribution < -0.4 is 0 Å². The molecule has 4 heteroatoms. The number of aliphatic hydroxyl groups is 1. The van der Waals surface area contributed by atoms with Crippen LogP contribution in [0.4, 0.5) is 0 Å². The van der Waals surface area contributed by atoms with Gasteiger partial charge >= 0.3 is 0 Å². The minimum absolute atomic E-state index is 0.199. The molecule has 1 fully saturated rings. The molecule has 0 unspecified atom stereocenters. The zero-order chi connectivity index (χ0) is 16.4. The predicted molar refractivity (Wildman–Crippen MR) is 93.7 cm³/mol. The Hall–Kier alpha value is -1.36. The van der Waals surface area contributed by atoms with Crippen LogP contribution in [0.1, 0.15) is 29.7 Å². The summed E-state index contributed by atoms with van der Waals surface area (Å²) in [5, 5.41) is 10.6. The zero-order valence-electron chi connectivity index (χ0n) is 14.5. The molecule has 126 valence electrons. The van der Waals surface area contributed by atoms with Gasteiger partial charge in [-0.15, -0.1) is 0 Å². The summed E-state index contributed by atoms with van der Waals surface area (Å²) in [5.74, 6) is 0.998. The van der Waals surface area contributed by atoms with E-state index in [1.165, 1.54) is 16.5 Å². The lowest BCUT2D eigenvalue weighted by Gasteiger charge is -2.36. The van der Waals surface area contributed by atoms with E-state index in [9.17, 15) is 5.11 Å². The lowest BCUT2D eigenvalue weighted by atomic mass is 10.0. The standard InChI is InChI=1S/C19H28N2O2/c1-14-10-16-12-18(23-19(16)11-15(14)2)13-21(8-9-22)17-4-6-20(3)7-5-17/h10-12,17,22H,4-9,13H2,1-3H3. The summed E-state index contributed by atoms with van der Waals surface area (Å²) in [4.78, 5) is 4.75. The van der Waals surface area contributed by atoms with Gasteiger partial charge in [-0.3, -0.25) is 4.90 Å². The fraction of sp³-hybridized carbons (Fsp3) is 0.579. The zero-order valence-corrected chi connectivity index (χ0v) is 14.5. The Morgan fingerprint density at radius 3 is 2.57 bits per heavy atom. The van der Waals surface area contributed by atoms with Crippen LogP contribution in [-0.2, 0) is 6.54 Å². The molecular formula is C19H28N2O2. The first-order valence-corrected chi connectivity index (χ1v) is 8.60. The number of piperidine rings is 1. The number of aryl methyl sites for hydroxylation is 2. The van der Waals surface area contributed by atoms with E-state index in [0.29, 0.717) is 12.6 Å². The second-order valence-electron chi connectivity index (χ2n) is 6.92. The van der Waals surface area contributed by atoms with Crippen molar-refractivity contribution in [3.63, 3.8) is 0 Å². The summed E-state index contributed by atoms with van der Waals surface area (Å²) in [6.07, 6.45) is 2.32. The van der Waals surface area contributed by atoms with Gasteiger partial charge in [0.15, 0.2) is 0 Å². The number of likely N-dealkylation sites (tertiary alicyclic amines) is 1. The summed E-state index contributed by atoms with van der Waals surface area (Å²) < 4.78 is 6.06. The van der Waals surface area contributed by atoms with Crippen molar-refractivity contribution in [1.82, 2.24) is 9.80 Å². The predicted octanol–water partition coefficient (Wildman–Crippen LogP) is 2.94. The van der Waals surface area contributed by atoms with Gasteiger partial charge in [0.1, 0.15) is 11.3 Å². The van der Waals surface area contributed by atoms with E-state index in [-0.39, 0.29) is 6.61 Å². The van der Waals surface area contributed by atoms with Crippen LogP contribution in [0.2, 0.25) is 0 Å². The van der Waals surface area contributed by atoms with Gasteiger partial charge in [-0.2, -0.15) is 0 Å². The maximum Gasteiger partial charge on any atom is 0.134 e. The summed E-state index contributed by atoms with van der Waals surface area (Å²) >= 11 is 0. The molecule has 2 aromatic rings. The van der Waals surface area contributed by atoms with Gasteiger partial charge in [-0.1, -0.05) is 0 Å². The molecule has 0 atom stereocenters. The third-order valence-corrected chi connectivity index (χ3v) is 5.13. The number of rotatable bonds is 5. The highest BCUT2D eigenvalue weighted by Crippen LogP contribution is 2.25. The number of aliphatic hydroxyl groups excluding tert-OH is 1. The number of hydrogen-bond donors (Lipinski definition) is 1. The van der Waals surface area contributed by atoms with Crippen molar-refractivity contribution in [3.05, 3.63) is 35.1 Å². The van der Waals surface area contributed by atoms with Crippen molar-refractivity contribution in [3.8, 4) is 0 Å². The second kappa shape index (κ2) is 7.04. The highest BCUT2D eigenvalue weighted by atomic mass is 16.3. The molecular weight excluding hydrogens is 288 g/mol. The molecule has 0 spiro atoms. The molecule has 23 heavy (non-hydrogen) atoms. The van der Waals surface area contributed by atoms with Crippen LogP contribution in [0.15, 0.2) is 22.6 Å². The van der Waals surface area contributed by atoms with Gasteiger partial charge < -0.3 is 14.4 Å². The summed E-state index contributed by atoms with van der Waals surface area (Å²) in [7, 11) is 2.18. The van der Waals surface area contributed by atoms with Gasteiger partial charge in [-0.25, -0.2) is 0 Å². The molecule has 1 saturated heterocycles. The molecule has 3 rings (SSSR count). The highest BCUT2D eigenvalue weighted by Gasteiger charge is 2.23. The average Bonchev–Trinajstić information content (AvgIpc) is 2.89. The monoisotopic (exact) mass is 316 g/mol. The van der Waals surface area contributed by atoms with E-state index < -0.39 is 0 Å². The molecule has 0 saturated carbocycles. The van der Waals surface area contributed by atoms with E-state index in [1.807, 2.05) is 0 Å². The molecule has 1 aromatic heterocycles. The first-order chi connectivity index (χ1) is 11.1. The van der Waals surface area contributed by atoms with E-state index in [4.69, 9.17) is 4.42 Å². The first kappa shape index (κ1) is 16.5. The number of furan rings is 1. The van der Waals surface area contributed by atoms with Crippen LogP contribution in [0.3, 0.4) is 0 Å². The van der Waals surface area contributed by atoms with Gasteiger partial charge in [0.2, 0.25) is 0 Å². The Morgan fingerprint density at radius 2 is 1.87 bits per heavy atom. The van der Waals surface area contributed by atoms with E-state index in [2.05, 4.69) is 48.9 Å². The fourth-order valence-electron chi connectivity index (χ4n) is 3.51. The Bertz CT molecular complexity index is 618. The van der Waals surface area contributed by atoms with Crippen LogP contribution in [-0.4, -0.2) is 54.2 Å². The van der Waals surface area contributed by atoms with Gasteiger partial charge in [0.25, 0.3) is 0 Å². The number of benzene rings is 1. The third-order valence-electron chi connectivity index (χ3n) is 5.13. The molecule has 1 aliphatic rings. The Morgan fingerprint density at radius 1 is 1.17 bits per heavy atom. The Balaban J connectivity index is 1.77. The molecule has 0 amide bonds. The summed E-state index contributed by atoms with van der Waals surface area (Å²) in [5.41, 5.74) is 3.53. The van der Waals surface area contributed by atoms with Crippen molar-refractivity contribution < 1.29 is 9.52 Å². The number of hydrogen-bond acceptors (Lipinski definition) is 4. The normalized spacial score (nSPS) is 17.4. The quantitative estimate of drug-likeness (QED) is 0.921. The minimum atomic E-state index is 0.199. The SMILES string of the molecule is Cc1cc2cc(CN(CCO)C3CCN(C)CC3)oc2cc1C. The second-order valence-corrected chi connectivity index (χ2v) is 6.92. The van der Waals surface area contributed by atoms with Crippen LogP contribution in [0.5, 0.6) is 0 Å². The summed E-state index contributed by atoms with van der Waals surface area (Å²) in [6.45, 7) is 8.21. The number of nitrogens with zero attached hydrogens (tertiary/aromatic N) is 2. The third kappa shape index (κ3) is 3.77. The molecule has 1 N–H and O–H groups in total. The maximum atomic E-state index is 9.43. The first-order valence-electron chi connectivity index (χ1n) is 8.60. The molecule has 1 aromatic carbocycles. The van der Waals surface area contributed by atoms with Crippen molar-refractivity contribution >= 4 is 11.0 Å². The van der Waals surface area contributed by atoms with Gasteiger partial charge in [0, 0.05) is 18.0 Å². The molecule has 1 aliphatic heterocycles. The molecule has 0 radical (unpaired) electrons. The topological polar surface area (TPSA) is 39.9 Å². The maximum absolute atomic E-state index is 9.43. The van der Waals surface area contributed by atoms with E-state index in [1.54, 1.807) is 0 Å². The average molecular weight is 316 g/mol. The largest absolute Gasteiger partial charge is 0.460 e. The van der Waals surface area contributed by atoms with Crippen molar-refractivity contribution in [2.75, 3.05) is 33.3 Å². The molecule has 4 nitrogen and oxygen atoms in total. The smallest absolute Gasteiger partial charge is 0.134 e. The number of fused-ring (bicyclic) bond motifs is 1. The Kier molecular flexibility index (Phi) is 5.05. The molecule has 0 bridgehead atoms. The highest BCUT2D eigenvalue weighted by molar-refractivity contribution is 5.79. The van der Waals surface area contributed by atoms with E-state index >= 15 is 0 Å². The van der Waals surface area contributed by atoms with Crippen LogP contribution in [0, 0.1) is 13.8 Å². The summed E-state index contributed by atoms with van der Waals surface area (Å²) in [6, 6.07) is 7.01. The van der Waals surface area contributed by atoms with Crippen LogP contribution in [0.25, 0.3) is 11.0 Å². The minimum Gasteiger partial charge on any atom is -0.460 e. The lowest BCUT2D eigenvalue weighted by Crippen LogP contribution is -2.44. The lowest BCUT2D eigenvalue weighted by molar-refractivity contribution is 0.0888. The van der Waals surface area contributed by atoms with Crippen molar-refractivity contribution in [1.29, 1.82) is 0 Å². The van der Waals surface area contributed by atoms with Gasteiger partial charge in [-0.05, 0) is 76.2 Å². The van der Waals surface area contributed by atoms with Crippen LogP contribution >= 0.6 is 0 Å². The van der Waals surface area contributed by atoms with Crippen molar-refractivity contribution in [2.24, 2.45) is 0 Å². The molecule has 0 aliphatic carbocycles. The van der Waals surface area contributed by atoms with Gasteiger partial charge in [0.05, 0.1) is 13.2 Å². The van der Waals surface area contributed by atoms with Crippen molar-refractivity contribution in [2.45, 2.75) is 39.3 Å². The fourth-order valence-corrected chi connectivity index (χ4v) is 3.51.